The van der Waals surface area contributed by atoms with Crippen molar-refractivity contribution in [1.29, 1.82) is 0 Å². The minimum absolute atomic E-state index is 0.181. The summed E-state index contributed by atoms with van der Waals surface area (Å²) in [6.07, 6.45) is 0. The molecule has 25 heavy (non-hydrogen) atoms. The van der Waals surface area contributed by atoms with E-state index in [0.29, 0.717) is 17.1 Å². The molecule has 0 saturated heterocycles. The third kappa shape index (κ3) is 4.91. The second-order valence-electron chi connectivity index (χ2n) is 5.94. The maximum Gasteiger partial charge on any atom is 0.314 e. The summed E-state index contributed by atoms with van der Waals surface area (Å²) in [6.45, 7) is 7.15. The normalized spacial score (nSPS) is 10.1. The number of carbonyl (C=O) groups excluding carboxylic acids is 3. The van der Waals surface area contributed by atoms with Crippen molar-refractivity contribution in [1.82, 2.24) is 0 Å². The van der Waals surface area contributed by atoms with Gasteiger partial charge in [0, 0.05) is 24.0 Å². The lowest BCUT2D eigenvalue weighted by Crippen LogP contribution is -2.29. The van der Waals surface area contributed by atoms with Crippen molar-refractivity contribution in [3.05, 3.63) is 53.1 Å². The van der Waals surface area contributed by atoms with Gasteiger partial charge in [-0.2, -0.15) is 0 Å². The second-order valence-corrected chi connectivity index (χ2v) is 5.94. The number of benzene rings is 2. The van der Waals surface area contributed by atoms with Gasteiger partial charge in [0.15, 0.2) is 0 Å². The Morgan fingerprint density at radius 2 is 1.16 bits per heavy atom. The second kappa shape index (κ2) is 7.61. The maximum absolute atomic E-state index is 12.1. The van der Waals surface area contributed by atoms with Gasteiger partial charge in [0.05, 0.1) is 0 Å². The number of hydrogen-bond acceptors (Lipinski definition) is 3. The summed E-state index contributed by atoms with van der Waals surface area (Å²) in [5, 5.41) is 7.81. The molecular weight excluding hydrogens is 318 g/mol. The van der Waals surface area contributed by atoms with Crippen LogP contribution in [0.3, 0.4) is 0 Å². The monoisotopic (exact) mass is 339 g/mol. The van der Waals surface area contributed by atoms with E-state index < -0.39 is 11.8 Å². The van der Waals surface area contributed by atoms with Gasteiger partial charge in [-0.05, 0) is 56.2 Å². The van der Waals surface area contributed by atoms with Crippen LogP contribution in [0.15, 0.2) is 36.4 Å². The van der Waals surface area contributed by atoms with Crippen LogP contribution in [0.5, 0.6) is 0 Å². The van der Waals surface area contributed by atoms with Gasteiger partial charge in [0.2, 0.25) is 5.91 Å². The molecule has 0 radical (unpaired) electrons. The van der Waals surface area contributed by atoms with Gasteiger partial charge >= 0.3 is 11.8 Å². The number of carbonyl (C=O) groups is 3. The van der Waals surface area contributed by atoms with E-state index in [-0.39, 0.29) is 5.91 Å². The molecule has 0 aromatic heterocycles. The summed E-state index contributed by atoms with van der Waals surface area (Å²) < 4.78 is 0. The van der Waals surface area contributed by atoms with Crippen molar-refractivity contribution >= 4 is 34.8 Å². The van der Waals surface area contributed by atoms with Crippen LogP contribution in [0, 0.1) is 20.8 Å². The van der Waals surface area contributed by atoms with Crippen molar-refractivity contribution in [2.75, 3.05) is 16.0 Å². The standard InChI is InChI=1S/C19H21N3O3/c1-11-9-12(2)17(13(3)10-11)22-19(25)18(24)21-16-7-5-15(6-8-16)20-14(4)23/h5-10H,1-4H3,(H,20,23)(H,21,24)(H,22,25). The molecule has 0 aliphatic rings. The molecule has 0 aliphatic carbocycles. The first-order valence-electron chi connectivity index (χ1n) is 7.84. The number of hydrogen-bond donors (Lipinski definition) is 3. The van der Waals surface area contributed by atoms with Crippen LogP contribution in [-0.2, 0) is 14.4 Å². The third-order valence-corrected chi connectivity index (χ3v) is 3.58. The third-order valence-electron chi connectivity index (χ3n) is 3.58. The fraction of sp³-hybridized carbons (Fsp3) is 0.211. The van der Waals surface area contributed by atoms with Gasteiger partial charge in [-0.15, -0.1) is 0 Å². The topological polar surface area (TPSA) is 87.3 Å². The Morgan fingerprint density at radius 1 is 0.720 bits per heavy atom. The molecule has 0 unspecified atom stereocenters. The Balaban J connectivity index is 2.03. The van der Waals surface area contributed by atoms with Gasteiger partial charge in [-0.25, -0.2) is 0 Å². The SMILES string of the molecule is CC(=O)Nc1ccc(NC(=O)C(=O)Nc2c(C)cc(C)cc2C)cc1. The van der Waals surface area contributed by atoms with Crippen LogP contribution in [0.4, 0.5) is 17.1 Å². The highest BCUT2D eigenvalue weighted by atomic mass is 16.2. The number of rotatable bonds is 3. The van der Waals surface area contributed by atoms with Crippen LogP contribution in [0.2, 0.25) is 0 Å². The molecule has 3 N–H and O–H groups in total. The summed E-state index contributed by atoms with van der Waals surface area (Å²) in [6, 6.07) is 10.4. The van der Waals surface area contributed by atoms with Crippen LogP contribution < -0.4 is 16.0 Å². The molecule has 0 bridgehead atoms. The molecule has 2 rings (SSSR count). The van der Waals surface area contributed by atoms with Crippen LogP contribution in [-0.4, -0.2) is 17.7 Å². The average molecular weight is 339 g/mol. The highest BCUT2D eigenvalue weighted by Crippen LogP contribution is 2.22. The molecule has 0 spiro atoms. The first kappa shape index (κ1) is 18.2. The predicted molar refractivity (Wildman–Crippen MR) is 98.7 cm³/mol. The van der Waals surface area contributed by atoms with Crippen molar-refractivity contribution in [3.8, 4) is 0 Å². The minimum atomic E-state index is -0.758. The maximum atomic E-state index is 12.1. The van der Waals surface area contributed by atoms with E-state index in [1.807, 2.05) is 32.9 Å². The first-order valence-corrected chi connectivity index (χ1v) is 7.84. The lowest BCUT2D eigenvalue weighted by Gasteiger charge is -2.13. The van der Waals surface area contributed by atoms with Crippen molar-refractivity contribution < 1.29 is 14.4 Å². The van der Waals surface area contributed by atoms with Crippen molar-refractivity contribution in [3.63, 3.8) is 0 Å². The zero-order valence-electron chi connectivity index (χ0n) is 14.7. The Kier molecular flexibility index (Phi) is 5.54. The van der Waals surface area contributed by atoms with Gasteiger partial charge in [0.1, 0.15) is 0 Å². The van der Waals surface area contributed by atoms with Gasteiger partial charge in [-0.3, -0.25) is 14.4 Å². The molecule has 6 heteroatoms. The number of nitrogens with one attached hydrogen (secondary N) is 3. The Morgan fingerprint density at radius 3 is 1.64 bits per heavy atom. The van der Waals surface area contributed by atoms with Crippen molar-refractivity contribution in [2.45, 2.75) is 27.7 Å². The first-order chi connectivity index (χ1) is 11.8. The molecule has 6 nitrogen and oxygen atoms in total. The van der Waals surface area contributed by atoms with E-state index in [0.717, 1.165) is 16.7 Å². The highest BCUT2D eigenvalue weighted by Gasteiger charge is 2.16. The molecule has 0 fully saturated rings. The molecular formula is C19H21N3O3. The van der Waals surface area contributed by atoms with E-state index in [1.165, 1.54) is 6.92 Å². The molecule has 0 heterocycles. The average Bonchev–Trinajstić information content (AvgIpc) is 2.52. The van der Waals surface area contributed by atoms with E-state index in [4.69, 9.17) is 0 Å². The van der Waals surface area contributed by atoms with Crippen LogP contribution in [0.25, 0.3) is 0 Å². The number of aryl methyl sites for hydroxylation is 3. The summed E-state index contributed by atoms with van der Waals surface area (Å²) in [7, 11) is 0. The fourth-order valence-corrected chi connectivity index (χ4v) is 2.58. The number of amides is 3. The Hall–Kier alpha value is -3.15. The van der Waals surface area contributed by atoms with E-state index in [1.54, 1.807) is 24.3 Å². The predicted octanol–water partition coefficient (Wildman–Crippen LogP) is 3.15. The molecule has 3 amide bonds. The van der Waals surface area contributed by atoms with E-state index >= 15 is 0 Å². The van der Waals surface area contributed by atoms with E-state index in [2.05, 4.69) is 16.0 Å². The molecule has 130 valence electrons. The summed E-state index contributed by atoms with van der Waals surface area (Å²) >= 11 is 0. The fourth-order valence-electron chi connectivity index (χ4n) is 2.58. The zero-order valence-corrected chi connectivity index (χ0v) is 14.7. The Labute approximate surface area is 146 Å². The lowest BCUT2D eigenvalue weighted by molar-refractivity contribution is -0.133. The lowest BCUT2D eigenvalue weighted by atomic mass is 10.1. The van der Waals surface area contributed by atoms with Crippen LogP contribution in [0.1, 0.15) is 23.6 Å². The molecule has 2 aromatic carbocycles. The smallest absolute Gasteiger partial charge is 0.314 e. The Bertz CT molecular complexity index is 803. The van der Waals surface area contributed by atoms with Gasteiger partial charge < -0.3 is 16.0 Å². The quantitative estimate of drug-likeness (QED) is 0.751. The van der Waals surface area contributed by atoms with E-state index in [9.17, 15) is 14.4 Å². The summed E-state index contributed by atoms with van der Waals surface area (Å²) in [5.41, 5.74) is 4.62. The summed E-state index contributed by atoms with van der Waals surface area (Å²) in [5.74, 6) is -1.67. The van der Waals surface area contributed by atoms with Crippen LogP contribution >= 0.6 is 0 Å². The minimum Gasteiger partial charge on any atom is -0.326 e. The highest BCUT2D eigenvalue weighted by molar-refractivity contribution is 6.43. The molecule has 0 saturated carbocycles. The van der Waals surface area contributed by atoms with Crippen molar-refractivity contribution in [2.24, 2.45) is 0 Å². The summed E-state index contributed by atoms with van der Waals surface area (Å²) in [4.78, 5) is 35.2. The zero-order chi connectivity index (χ0) is 18.6. The number of anilines is 3. The molecule has 2 aromatic rings. The largest absolute Gasteiger partial charge is 0.326 e. The van der Waals surface area contributed by atoms with Gasteiger partial charge in [-0.1, -0.05) is 17.7 Å². The molecule has 0 aliphatic heterocycles. The molecule has 0 atom stereocenters. The van der Waals surface area contributed by atoms with Gasteiger partial charge in [0.25, 0.3) is 0 Å².